The smallest absolute Gasteiger partial charge is 0.170 e. The van der Waals surface area contributed by atoms with Crippen LogP contribution in [-0.4, -0.2) is 44.5 Å². The number of rotatable bonds is 6. The number of thiocarbonyl (C=S) groups is 1. The number of hydrogen-bond acceptors (Lipinski definition) is 2. The van der Waals surface area contributed by atoms with Gasteiger partial charge in [-0.3, -0.25) is 0 Å². The van der Waals surface area contributed by atoms with Crippen molar-refractivity contribution in [2.45, 2.75) is 6.42 Å². The van der Waals surface area contributed by atoms with Gasteiger partial charge in [0.1, 0.15) is 13.1 Å². The molecule has 5 heteroatoms. The second kappa shape index (κ2) is 9.51. The van der Waals surface area contributed by atoms with Crippen molar-refractivity contribution in [2.75, 3.05) is 44.7 Å². The van der Waals surface area contributed by atoms with Crippen LogP contribution in [0.15, 0.2) is 54.6 Å². The molecule has 0 aromatic heterocycles. The van der Waals surface area contributed by atoms with Crippen molar-refractivity contribution in [1.82, 2.24) is 5.32 Å². The molecule has 1 aliphatic heterocycles. The first-order valence-corrected chi connectivity index (χ1v) is 9.30. The molecular weight excluding hydrogens is 330 g/mol. The molecule has 0 aliphatic carbocycles. The standard InChI is InChI=1S/C20H25N3OS/c25-20(21-10-11-23-12-14-24-15-13-23)22-19-9-5-4-8-18(19)16-17-6-2-1-3-7-17/h1-9H,10-16H2,(H2,21,22,25)/p+1. The first-order chi connectivity index (χ1) is 12.3. The lowest BCUT2D eigenvalue weighted by Gasteiger charge is -2.24. The van der Waals surface area contributed by atoms with E-state index in [1.807, 2.05) is 12.1 Å². The van der Waals surface area contributed by atoms with Crippen LogP contribution in [0.1, 0.15) is 11.1 Å². The summed E-state index contributed by atoms with van der Waals surface area (Å²) < 4.78 is 5.39. The second-order valence-corrected chi connectivity index (χ2v) is 6.72. The van der Waals surface area contributed by atoms with Gasteiger partial charge in [-0.15, -0.1) is 0 Å². The average molecular weight is 357 g/mol. The first-order valence-electron chi connectivity index (χ1n) is 8.89. The Morgan fingerprint density at radius 2 is 1.72 bits per heavy atom. The van der Waals surface area contributed by atoms with Crippen molar-refractivity contribution in [1.29, 1.82) is 0 Å². The van der Waals surface area contributed by atoms with E-state index in [-0.39, 0.29) is 0 Å². The van der Waals surface area contributed by atoms with Gasteiger partial charge in [-0.05, 0) is 35.8 Å². The van der Waals surface area contributed by atoms with Crippen molar-refractivity contribution in [3.8, 4) is 0 Å². The van der Waals surface area contributed by atoms with E-state index >= 15 is 0 Å². The highest BCUT2D eigenvalue weighted by molar-refractivity contribution is 7.80. The zero-order valence-electron chi connectivity index (χ0n) is 14.5. The van der Waals surface area contributed by atoms with Crippen molar-refractivity contribution < 1.29 is 9.64 Å². The number of anilines is 1. The lowest BCUT2D eigenvalue weighted by Crippen LogP contribution is -3.14. The quantitative estimate of drug-likeness (QED) is 0.686. The van der Waals surface area contributed by atoms with Crippen LogP contribution < -0.4 is 15.5 Å². The molecule has 132 valence electrons. The van der Waals surface area contributed by atoms with Crippen LogP contribution in [0.2, 0.25) is 0 Å². The van der Waals surface area contributed by atoms with Crippen molar-refractivity contribution in [3.05, 3.63) is 65.7 Å². The average Bonchev–Trinajstić information content (AvgIpc) is 2.65. The van der Waals surface area contributed by atoms with E-state index in [1.165, 1.54) is 11.1 Å². The minimum atomic E-state index is 0.688. The zero-order chi connectivity index (χ0) is 17.3. The van der Waals surface area contributed by atoms with Gasteiger partial charge >= 0.3 is 0 Å². The Balaban J connectivity index is 1.50. The normalized spacial score (nSPS) is 14.9. The minimum Gasteiger partial charge on any atom is -0.370 e. The lowest BCUT2D eigenvalue weighted by molar-refractivity contribution is -0.906. The molecule has 2 aromatic rings. The summed E-state index contributed by atoms with van der Waals surface area (Å²) in [6.07, 6.45) is 0.893. The molecule has 0 radical (unpaired) electrons. The van der Waals surface area contributed by atoms with E-state index in [0.717, 1.165) is 51.5 Å². The summed E-state index contributed by atoms with van der Waals surface area (Å²) >= 11 is 5.47. The number of quaternary nitrogens is 1. The number of ether oxygens (including phenoxy) is 1. The van der Waals surface area contributed by atoms with E-state index in [9.17, 15) is 0 Å². The highest BCUT2D eigenvalue weighted by Crippen LogP contribution is 2.18. The molecule has 1 heterocycles. The summed E-state index contributed by atoms with van der Waals surface area (Å²) in [5, 5.41) is 7.37. The monoisotopic (exact) mass is 356 g/mol. The molecule has 0 saturated carbocycles. The third-order valence-electron chi connectivity index (χ3n) is 4.47. The zero-order valence-corrected chi connectivity index (χ0v) is 15.3. The predicted molar refractivity (Wildman–Crippen MR) is 106 cm³/mol. The molecule has 1 aliphatic rings. The summed E-state index contributed by atoms with van der Waals surface area (Å²) in [6, 6.07) is 18.8. The third-order valence-corrected chi connectivity index (χ3v) is 4.71. The van der Waals surface area contributed by atoms with Gasteiger partial charge in [-0.1, -0.05) is 48.5 Å². The second-order valence-electron chi connectivity index (χ2n) is 6.31. The van der Waals surface area contributed by atoms with Gasteiger partial charge in [0, 0.05) is 5.69 Å². The van der Waals surface area contributed by atoms with Gasteiger partial charge in [-0.25, -0.2) is 0 Å². The summed E-state index contributed by atoms with van der Waals surface area (Å²) in [5.74, 6) is 0. The molecule has 3 rings (SSSR count). The molecule has 0 atom stereocenters. The van der Waals surface area contributed by atoms with Gasteiger partial charge in [0.25, 0.3) is 0 Å². The Bertz CT molecular complexity index is 672. The van der Waals surface area contributed by atoms with Gasteiger partial charge < -0.3 is 20.3 Å². The first kappa shape index (κ1) is 17.9. The minimum absolute atomic E-state index is 0.688. The topological polar surface area (TPSA) is 37.7 Å². The van der Waals surface area contributed by atoms with Crippen molar-refractivity contribution >= 4 is 23.0 Å². The van der Waals surface area contributed by atoms with Crippen LogP contribution in [0.5, 0.6) is 0 Å². The third kappa shape index (κ3) is 5.81. The van der Waals surface area contributed by atoms with E-state index in [1.54, 1.807) is 4.90 Å². The Hall–Kier alpha value is -1.95. The van der Waals surface area contributed by atoms with Gasteiger partial charge in [0.2, 0.25) is 0 Å². The number of nitrogens with one attached hydrogen (secondary N) is 3. The largest absolute Gasteiger partial charge is 0.370 e. The number of morpholine rings is 1. The summed E-state index contributed by atoms with van der Waals surface area (Å²) in [6.45, 7) is 5.85. The Kier molecular flexibility index (Phi) is 6.79. The maximum Gasteiger partial charge on any atom is 0.170 e. The van der Waals surface area contributed by atoms with Gasteiger partial charge in [0.05, 0.1) is 26.3 Å². The number of hydrogen-bond donors (Lipinski definition) is 3. The molecular formula is C20H26N3OS+. The number of para-hydroxylation sites is 1. The van der Waals surface area contributed by atoms with Crippen LogP contribution >= 0.6 is 12.2 Å². The molecule has 2 aromatic carbocycles. The summed E-state index contributed by atoms with van der Waals surface area (Å²) in [5.41, 5.74) is 3.62. The van der Waals surface area contributed by atoms with E-state index in [4.69, 9.17) is 17.0 Å². The highest BCUT2D eigenvalue weighted by atomic mass is 32.1. The van der Waals surface area contributed by atoms with E-state index in [2.05, 4.69) is 53.1 Å². The van der Waals surface area contributed by atoms with Gasteiger partial charge in [-0.2, -0.15) is 0 Å². The molecule has 3 N–H and O–H groups in total. The predicted octanol–water partition coefficient (Wildman–Crippen LogP) is 1.48. The fourth-order valence-corrected chi connectivity index (χ4v) is 3.25. The fourth-order valence-electron chi connectivity index (χ4n) is 3.04. The van der Waals surface area contributed by atoms with Crippen molar-refractivity contribution in [3.63, 3.8) is 0 Å². The van der Waals surface area contributed by atoms with E-state index in [0.29, 0.717) is 5.11 Å². The van der Waals surface area contributed by atoms with Crippen molar-refractivity contribution in [2.24, 2.45) is 0 Å². The molecule has 0 bridgehead atoms. The maximum absolute atomic E-state index is 5.47. The van der Waals surface area contributed by atoms with Crippen LogP contribution in [0.25, 0.3) is 0 Å². The van der Waals surface area contributed by atoms with Crippen LogP contribution in [0.3, 0.4) is 0 Å². The van der Waals surface area contributed by atoms with E-state index < -0.39 is 0 Å². The Morgan fingerprint density at radius 1 is 1.00 bits per heavy atom. The molecule has 1 fully saturated rings. The number of benzene rings is 2. The Labute approximate surface area is 155 Å². The molecule has 0 unspecified atom stereocenters. The summed E-state index contributed by atoms with van der Waals surface area (Å²) in [7, 11) is 0. The lowest BCUT2D eigenvalue weighted by atomic mass is 10.0. The maximum atomic E-state index is 5.47. The molecule has 0 spiro atoms. The fraction of sp³-hybridized carbons (Fsp3) is 0.350. The SMILES string of the molecule is S=C(NCC[NH+]1CCOCC1)Nc1ccccc1Cc1ccccc1. The molecule has 4 nitrogen and oxygen atoms in total. The molecule has 0 amide bonds. The Morgan fingerprint density at radius 3 is 2.52 bits per heavy atom. The van der Waals surface area contributed by atoms with Crippen LogP contribution in [0.4, 0.5) is 5.69 Å². The molecule has 1 saturated heterocycles. The summed E-state index contributed by atoms with van der Waals surface area (Å²) in [4.78, 5) is 1.58. The van der Waals surface area contributed by atoms with Gasteiger partial charge in [0.15, 0.2) is 5.11 Å². The molecule has 25 heavy (non-hydrogen) atoms. The highest BCUT2D eigenvalue weighted by Gasteiger charge is 2.13. The van der Waals surface area contributed by atoms with Crippen LogP contribution in [0, 0.1) is 0 Å². The van der Waals surface area contributed by atoms with Crippen LogP contribution in [-0.2, 0) is 11.2 Å².